The quantitative estimate of drug-likeness (QED) is 0.618. The average molecular weight is 221 g/mol. The number of hydrogen-bond donors (Lipinski definition) is 1. The van der Waals surface area contributed by atoms with Gasteiger partial charge in [0.25, 0.3) is 0 Å². The van der Waals surface area contributed by atoms with Gasteiger partial charge in [0.2, 0.25) is 0 Å². The molecular formula is C12H19N3O. The van der Waals surface area contributed by atoms with E-state index in [1.165, 1.54) is 0 Å². The van der Waals surface area contributed by atoms with Crippen LogP contribution in [0.1, 0.15) is 5.56 Å². The zero-order chi connectivity index (χ0) is 12.0. The first-order chi connectivity index (χ1) is 7.72. The summed E-state index contributed by atoms with van der Waals surface area (Å²) in [4.78, 5) is 6.19. The molecular weight excluding hydrogens is 202 g/mol. The second-order valence-electron chi connectivity index (χ2n) is 3.47. The normalized spacial score (nSPS) is 11.1. The summed E-state index contributed by atoms with van der Waals surface area (Å²) in [6, 6.07) is 7.99. The van der Waals surface area contributed by atoms with Crippen molar-refractivity contribution in [1.82, 2.24) is 10.2 Å². The minimum absolute atomic E-state index is 0.761. The maximum atomic E-state index is 5.31. The molecule has 0 saturated heterocycles. The van der Waals surface area contributed by atoms with Gasteiger partial charge in [-0.05, 0) is 6.07 Å². The molecule has 1 aromatic rings. The number of methoxy groups -OCH3 is 1. The van der Waals surface area contributed by atoms with E-state index in [9.17, 15) is 0 Å². The molecule has 0 aliphatic heterocycles. The van der Waals surface area contributed by atoms with E-state index in [2.05, 4.69) is 16.4 Å². The predicted octanol–water partition coefficient (Wildman–Crippen LogP) is 1.33. The maximum Gasteiger partial charge on any atom is 0.193 e. The van der Waals surface area contributed by atoms with Gasteiger partial charge in [0.05, 0.1) is 7.11 Å². The van der Waals surface area contributed by atoms with E-state index in [0.717, 1.165) is 23.8 Å². The summed E-state index contributed by atoms with van der Waals surface area (Å²) in [5, 5.41) is 3.04. The van der Waals surface area contributed by atoms with Crippen LogP contribution in [0, 0.1) is 0 Å². The van der Waals surface area contributed by atoms with Gasteiger partial charge in [-0.3, -0.25) is 4.99 Å². The number of guanidine groups is 1. The molecule has 4 nitrogen and oxygen atoms in total. The van der Waals surface area contributed by atoms with Crippen LogP contribution >= 0.6 is 0 Å². The summed E-state index contributed by atoms with van der Waals surface area (Å²) in [7, 11) is 7.31. The molecule has 0 atom stereocenters. The van der Waals surface area contributed by atoms with E-state index in [1.807, 2.05) is 37.2 Å². The second-order valence-corrected chi connectivity index (χ2v) is 3.47. The standard InChI is InChI=1S/C12H19N3O/c1-13-12(14-2)15(3)9-10-7-5-6-8-11(10)16-4/h5-8H,9H2,1-4H3,(H,13,14). The van der Waals surface area contributed by atoms with Crippen LogP contribution in [0.2, 0.25) is 0 Å². The van der Waals surface area contributed by atoms with E-state index in [1.54, 1.807) is 14.2 Å². The van der Waals surface area contributed by atoms with E-state index in [-0.39, 0.29) is 0 Å². The highest BCUT2D eigenvalue weighted by Crippen LogP contribution is 2.18. The van der Waals surface area contributed by atoms with Crippen molar-refractivity contribution >= 4 is 5.96 Å². The van der Waals surface area contributed by atoms with Crippen LogP contribution in [-0.2, 0) is 6.54 Å². The molecule has 0 radical (unpaired) electrons. The van der Waals surface area contributed by atoms with Crippen molar-refractivity contribution in [2.75, 3.05) is 28.3 Å². The summed E-state index contributed by atoms with van der Waals surface area (Å²) in [5.41, 5.74) is 1.14. The van der Waals surface area contributed by atoms with Gasteiger partial charge >= 0.3 is 0 Å². The Labute approximate surface area is 96.9 Å². The highest BCUT2D eigenvalue weighted by molar-refractivity contribution is 5.79. The van der Waals surface area contributed by atoms with Crippen molar-refractivity contribution in [3.8, 4) is 5.75 Å². The Morgan fingerprint density at radius 1 is 1.44 bits per heavy atom. The van der Waals surface area contributed by atoms with Crippen LogP contribution in [0.4, 0.5) is 0 Å². The van der Waals surface area contributed by atoms with Gasteiger partial charge in [0, 0.05) is 33.3 Å². The lowest BCUT2D eigenvalue weighted by atomic mass is 10.2. The first-order valence-corrected chi connectivity index (χ1v) is 5.20. The fourth-order valence-corrected chi connectivity index (χ4v) is 1.64. The molecule has 88 valence electrons. The third-order valence-corrected chi connectivity index (χ3v) is 2.40. The van der Waals surface area contributed by atoms with Crippen LogP contribution < -0.4 is 10.1 Å². The van der Waals surface area contributed by atoms with Crippen LogP contribution in [0.5, 0.6) is 5.75 Å². The molecule has 0 aromatic heterocycles. The largest absolute Gasteiger partial charge is 0.496 e. The number of nitrogens with zero attached hydrogens (tertiary/aromatic N) is 2. The number of nitrogens with one attached hydrogen (secondary N) is 1. The highest BCUT2D eigenvalue weighted by Gasteiger charge is 2.07. The van der Waals surface area contributed by atoms with Crippen LogP contribution in [0.15, 0.2) is 29.3 Å². The summed E-state index contributed by atoms with van der Waals surface area (Å²) in [6.45, 7) is 0.761. The Hall–Kier alpha value is -1.71. The molecule has 0 aliphatic carbocycles. The van der Waals surface area contributed by atoms with Crippen LogP contribution in [-0.4, -0.2) is 39.1 Å². The number of para-hydroxylation sites is 1. The first-order valence-electron chi connectivity index (χ1n) is 5.20. The van der Waals surface area contributed by atoms with Crippen molar-refractivity contribution < 1.29 is 4.74 Å². The smallest absolute Gasteiger partial charge is 0.193 e. The van der Waals surface area contributed by atoms with Gasteiger partial charge < -0.3 is 15.0 Å². The minimum Gasteiger partial charge on any atom is -0.496 e. The lowest BCUT2D eigenvalue weighted by Gasteiger charge is -2.21. The monoisotopic (exact) mass is 221 g/mol. The second kappa shape index (κ2) is 6.00. The Balaban J connectivity index is 2.80. The molecule has 1 aromatic carbocycles. The number of benzene rings is 1. The van der Waals surface area contributed by atoms with Gasteiger partial charge in [-0.2, -0.15) is 0 Å². The van der Waals surface area contributed by atoms with Gasteiger partial charge in [-0.25, -0.2) is 0 Å². The number of ether oxygens (including phenoxy) is 1. The topological polar surface area (TPSA) is 36.9 Å². The summed E-state index contributed by atoms with van der Waals surface area (Å²) in [5.74, 6) is 1.76. The third-order valence-electron chi connectivity index (χ3n) is 2.40. The highest BCUT2D eigenvalue weighted by atomic mass is 16.5. The molecule has 0 fully saturated rings. The van der Waals surface area contributed by atoms with Crippen molar-refractivity contribution in [3.63, 3.8) is 0 Å². The predicted molar refractivity (Wildman–Crippen MR) is 66.9 cm³/mol. The fraction of sp³-hybridized carbons (Fsp3) is 0.417. The average Bonchev–Trinajstić information content (AvgIpc) is 2.31. The van der Waals surface area contributed by atoms with Crippen molar-refractivity contribution in [1.29, 1.82) is 0 Å². The Bertz CT molecular complexity index is 363. The number of hydrogen-bond acceptors (Lipinski definition) is 2. The zero-order valence-corrected chi connectivity index (χ0v) is 10.3. The van der Waals surface area contributed by atoms with Gasteiger partial charge in [-0.15, -0.1) is 0 Å². The fourth-order valence-electron chi connectivity index (χ4n) is 1.64. The summed E-state index contributed by atoms with van der Waals surface area (Å²) >= 11 is 0. The zero-order valence-electron chi connectivity index (χ0n) is 10.3. The maximum absolute atomic E-state index is 5.31. The minimum atomic E-state index is 0.761. The molecule has 0 aliphatic rings. The molecule has 1 N–H and O–H groups in total. The summed E-state index contributed by atoms with van der Waals surface area (Å²) in [6.07, 6.45) is 0. The number of rotatable bonds is 3. The molecule has 0 unspecified atom stereocenters. The SMILES string of the molecule is CN=C(NC)N(C)Cc1ccccc1OC. The third kappa shape index (κ3) is 2.89. The Kier molecular flexibility index (Phi) is 4.64. The molecule has 16 heavy (non-hydrogen) atoms. The molecule has 0 saturated carbocycles. The van der Waals surface area contributed by atoms with Gasteiger partial charge in [-0.1, -0.05) is 18.2 Å². The lowest BCUT2D eigenvalue weighted by Crippen LogP contribution is -2.36. The lowest BCUT2D eigenvalue weighted by molar-refractivity contribution is 0.396. The molecule has 0 bridgehead atoms. The molecule has 4 heteroatoms. The Morgan fingerprint density at radius 2 is 2.12 bits per heavy atom. The first kappa shape index (κ1) is 12.4. The molecule has 0 spiro atoms. The number of aliphatic imine (C=N–C) groups is 1. The van der Waals surface area contributed by atoms with E-state index in [0.29, 0.717) is 0 Å². The van der Waals surface area contributed by atoms with Gasteiger partial charge in [0.15, 0.2) is 5.96 Å². The van der Waals surface area contributed by atoms with E-state index >= 15 is 0 Å². The van der Waals surface area contributed by atoms with E-state index < -0.39 is 0 Å². The van der Waals surface area contributed by atoms with Crippen LogP contribution in [0.25, 0.3) is 0 Å². The van der Waals surface area contributed by atoms with Crippen molar-refractivity contribution in [2.24, 2.45) is 4.99 Å². The molecule has 1 rings (SSSR count). The van der Waals surface area contributed by atoms with Crippen molar-refractivity contribution in [3.05, 3.63) is 29.8 Å². The summed E-state index contributed by atoms with van der Waals surface area (Å²) < 4.78 is 5.31. The molecule has 0 amide bonds. The van der Waals surface area contributed by atoms with E-state index in [4.69, 9.17) is 4.74 Å². The molecule has 0 heterocycles. The van der Waals surface area contributed by atoms with Gasteiger partial charge in [0.1, 0.15) is 5.75 Å². The Morgan fingerprint density at radius 3 is 2.69 bits per heavy atom. The van der Waals surface area contributed by atoms with Crippen molar-refractivity contribution in [2.45, 2.75) is 6.54 Å². The van der Waals surface area contributed by atoms with Crippen LogP contribution in [0.3, 0.4) is 0 Å².